The van der Waals surface area contributed by atoms with Crippen molar-refractivity contribution in [3.8, 4) is 0 Å². The van der Waals surface area contributed by atoms with Gasteiger partial charge in [-0.2, -0.15) is 0 Å². The molecule has 0 spiro atoms. The number of piperidine rings is 1. The van der Waals surface area contributed by atoms with Crippen molar-refractivity contribution in [2.45, 2.75) is 37.1 Å². The Labute approximate surface area is 166 Å². The first-order valence-electron chi connectivity index (χ1n) is 8.65. The second-order valence-electron chi connectivity index (χ2n) is 6.16. The first-order chi connectivity index (χ1) is 11.6. The molecule has 0 aliphatic carbocycles. The summed E-state index contributed by atoms with van der Waals surface area (Å²) in [5.41, 5.74) is 0. The number of nitrogens with zero attached hydrogens (tertiary/aromatic N) is 2. The Hall–Kier alpha value is -0.460. The lowest BCUT2D eigenvalue weighted by Gasteiger charge is -2.37. The van der Waals surface area contributed by atoms with Crippen molar-refractivity contribution in [1.82, 2.24) is 9.80 Å². The quantitative estimate of drug-likeness (QED) is 0.493. The number of carboxylic acid groups (broad SMARTS) is 1. The highest BCUT2D eigenvalue weighted by Crippen LogP contribution is 2.27. The predicted molar refractivity (Wildman–Crippen MR) is 108 cm³/mol. The number of hydrogen-bond donors (Lipinski definition) is 1. The molecule has 1 aliphatic rings. The summed E-state index contributed by atoms with van der Waals surface area (Å²) in [6, 6.07) is 8.40. The molecular formula is C18H28Cl2N2O2S. The van der Waals surface area contributed by atoms with Gasteiger partial charge in [0.1, 0.15) is 0 Å². The van der Waals surface area contributed by atoms with Gasteiger partial charge in [0, 0.05) is 10.9 Å². The van der Waals surface area contributed by atoms with Gasteiger partial charge in [-0.3, -0.25) is 9.69 Å². The van der Waals surface area contributed by atoms with E-state index in [9.17, 15) is 4.79 Å². The summed E-state index contributed by atoms with van der Waals surface area (Å²) in [6.07, 6.45) is 3.28. The Bertz CT molecular complexity index is 526. The van der Waals surface area contributed by atoms with Crippen LogP contribution in [0.2, 0.25) is 5.02 Å². The van der Waals surface area contributed by atoms with Crippen LogP contribution in [0.1, 0.15) is 26.2 Å². The lowest BCUT2D eigenvalue weighted by Crippen LogP contribution is -2.46. The molecule has 0 aromatic heterocycles. The Morgan fingerprint density at radius 1 is 1.36 bits per heavy atom. The molecule has 1 aromatic carbocycles. The lowest BCUT2D eigenvalue weighted by molar-refractivity contribution is -0.139. The average molecular weight is 407 g/mol. The van der Waals surface area contributed by atoms with E-state index < -0.39 is 5.97 Å². The standard InChI is InChI=1S/C18H27ClN2O2S.ClH/c1-2-21(14-18(22)23)15-8-11-20(12-9-15)10-5-13-24-17-7-4-3-6-16(17)19;/h3-4,6-7,15H,2,5,8-14H2,1H3,(H,22,23);1H. The Balaban J connectivity index is 0.00000312. The zero-order chi connectivity index (χ0) is 17.4. The van der Waals surface area contributed by atoms with Crippen molar-refractivity contribution >= 4 is 41.7 Å². The summed E-state index contributed by atoms with van der Waals surface area (Å²) in [6.45, 7) is 6.26. The number of carbonyl (C=O) groups is 1. The molecule has 4 nitrogen and oxygen atoms in total. The van der Waals surface area contributed by atoms with Gasteiger partial charge >= 0.3 is 5.97 Å². The van der Waals surface area contributed by atoms with E-state index in [0.717, 1.165) is 61.1 Å². The summed E-state index contributed by atoms with van der Waals surface area (Å²) >= 11 is 7.99. The van der Waals surface area contributed by atoms with E-state index in [1.165, 1.54) is 0 Å². The van der Waals surface area contributed by atoms with Crippen LogP contribution in [0.25, 0.3) is 0 Å². The maximum Gasteiger partial charge on any atom is 0.317 e. The first-order valence-corrected chi connectivity index (χ1v) is 10.0. The van der Waals surface area contributed by atoms with Crippen LogP contribution in [-0.2, 0) is 4.79 Å². The number of carboxylic acids is 1. The van der Waals surface area contributed by atoms with Gasteiger partial charge in [-0.15, -0.1) is 24.2 Å². The van der Waals surface area contributed by atoms with Crippen LogP contribution in [0, 0.1) is 0 Å². The third-order valence-electron chi connectivity index (χ3n) is 4.53. The van der Waals surface area contributed by atoms with E-state index in [0.29, 0.717) is 6.04 Å². The molecule has 0 bridgehead atoms. The number of rotatable bonds is 9. The molecule has 0 saturated carbocycles. The monoisotopic (exact) mass is 406 g/mol. The molecule has 1 fully saturated rings. The molecule has 25 heavy (non-hydrogen) atoms. The van der Waals surface area contributed by atoms with Crippen LogP contribution >= 0.6 is 35.8 Å². The summed E-state index contributed by atoms with van der Waals surface area (Å²) in [5.74, 6) is 0.347. The van der Waals surface area contributed by atoms with Gasteiger partial charge in [0.15, 0.2) is 0 Å². The minimum Gasteiger partial charge on any atom is -0.480 e. The Kier molecular flexibility index (Phi) is 10.9. The SMILES string of the molecule is CCN(CC(=O)O)C1CCN(CCCSc2ccccc2Cl)CC1.Cl. The van der Waals surface area contributed by atoms with Gasteiger partial charge < -0.3 is 10.0 Å². The maximum absolute atomic E-state index is 10.9. The summed E-state index contributed by atoms with van der Waals surface area (Å²) in [5, 5.41) is 9.83. The number of thioether (sulfide) groups is 1. The van der Waals surface area contributed by atoms with Crippen LogP contribution in [0.3, 0.4) is 0 Å². The number of halogens is 2. The minimum absolute atomic E-state index is 0. The van der Waals surface area contributed by atoms with Crippen LogP contribution in [0.15, 0.2) is 29.2 Å². The largest absolute Gasteiger partial charge is 0.480 e. The summed E-state index contributed by atoms with van der Waals surface area (Å²) in [4.78, 5) is 16.7. The van der Waals surface area contributed by atoms with Crippen LogP contribution in [0.4, 0.5) is 0 Å². The van der Waals surface area contributed by atoms with E-state index in [1.54, 1.807) is 0 Å². The van der Waals surface area contributed by atoms with Gasteiger partial charge in [-0.1, -0.05) is 30.7 Å². The van der Waals surface area contributed by atoms with Crippen molar-refractivity contribution in [2.75, 3.05) is 38.5 Å². The summed E-state index contributed by atoms with van der Waals surface area (Å²) in [7, 11) is 0. The maximum atomic E-state index is 10.9. The highest BCUT2D eigenvalue weighted by atomic mass is 35.5. The smallest absolute Gasteiger partial charge is 0.317 e. The van der Waals surface area contributed by atoms with Crippen LogP contribution < -0.4 is 0 Å². The van der Waals surface area contributed by atoms with E-state index >= 15 is 0 Å². The van der Waals surface area contributed by atoms with Gasteiger partial charge in [-0.05, 0) is 63.3 Å². The molecular weight excluding hydrogens is 379 g/mol. The third kappa shape index (κ3) is 7.75. The number of hydrogen-bond acceptors (Lipinski definition) is 4. The van der Waals surface area contributed by atoms with Crippen molar-refractivity contribution < 1.29 is 9.90 Å². The van der Waals surface area contributed by atoms with Crippen molar-refractivity contribution in [2.24, 2.45) is 0 Å². The number of benzene rings is 1. The van der Waals surface area contributed by atoms with Gasteiger partial charge in [0.25, 0.3) is 0 Å². The average Bonchev–Trinajstić information content (AvgIpc) is 2.58. The van der Waals surface area contributed by atoms with Gasteiger partial charge in [-0.25, -0.2) is 0 Å². The number of likely N-dealkylation sites (N-methyl/N-ethyl adjacent to an activating group) is 1. The van der Waals surface area contributed by atoms with Gasteiger partial charge in [0.2, 0.25) is 0 Å². The summed E-state index contributed by atoms with van der Waals surface area (Å²) < 4.78 is 0. The number of aliphatic carboxylic acids is 1. The molecule has 1 aliphatic heterocycles. The molecule has 0 unspecified atom stereocenters. The van der Waals surface area contributed by atoms with Crippen molar-refractivity contribution in [1.29, 1.82) is 0 Å². The zero-order valence-corrected chi connectivity index (χ0v) is 17.1. The van der Waals surface area contributed by atoms with Crippen LogP contribution in [0.5, 0.6) is 0 Å². The fourth-order valence-corrected chi connectivity index (χ4v) is 4.39. The Morgan fingerprint density at radius 3 is 2.64 bits per heavy atom. The van der Waals surface area contributed by atoms with E-state index in [2.05, 4.69) is 15.9 Å². The van der Waals surface area contributed by atoms with E-state index in [4.69, 9.17) is 16.7 Å². The molecule has 0 radical (unpaired) electrons. The third-order valence-corrected chi connectivity index (χ3v) is 6.13. The second-order valence-corrected chi connectivity index (χ2v) is 7.71. The molecule has 7 heteroatoms. The van der Waals surface area contributed by atoms with Gasteiger partial charge in [0.05, 0.1) is 11.6 Å². The lowest BCUT2D eigenvalue weighted by atomic mass is 10.0. The molecule has 1 aromatic rings. The second kappa shape index (κ2) is 12.0. The highest BCUT2D eigenvalue weighted by molar-refractivity contribution is 7.99. The minimum atomic E-state index is -0.726. The number of likely N-dealkylation sites (tertiary alicyclic amines) is 1. The van der Waals surface area contributed by atoms with E-state index in [-0.39, 0.29) is 19.0 Å². The zero-order valence-electron chi connectivity index (χ0n) is 14.7. The van der Waals surface area contributed by atoms with E-state index in [1.807, 2.05) is 36.9 Å². The first kappa shape index (κ1) is 22.6. The molecule has 1 N–H and O–H groups in total. The van der Waals surface area contributed by atoms with Crippen LogP contribution in [-0.4, -0.2) is 65.4 Å². The fraction of sp³-hybridized carbons (Fsp3) is 0.611. The molecule has 0 atom stereocenters. The Morgan fingerprint density at radius 2 is 2.04 bits per heavy atom. The molecule has 1 saturated heterocycles. The van der Waals surface area contributed by atoms with Crippen molar-refractivity contribution in [3.63, 3.8) is 0 Å². The molecule has 1 heterocycles. The topological polar surface area (TPSA) is 43.8 Å². The van der Waals surface area contributed by atoms with Crippen molar-refractivity contribution in [3.05, 3.63) is 29.3 Å². The molecule has 142 valence electrons. The molecule has 0 amide bonds. The highest BCUT2D eigenvalue weighted by Gasteiger charge is 2.24. The fourth-order valence-electron chi connectivity index (χ4n) is 3.21. The normalized spacial score (nSPS) is 16.0. The molecule has 2 rings (SSSR count). The predicted octanol–water partition coefficient (Wildman–Crippen LogP) is 4.11.